The van der Waals surface area contributed by atoms with Crippen molar-refractivity contribution in [1.82, 2.24) is 24.6 Å². The van der Waals surface area contributed by atoms with E-state index in [1.165, 1.54) is 10.6 Å². The maximum Gasteiger partial charge on any atom is 0.250 e. The van der Waals surface area contributed by atoms with Crippen molar-refractivity contribution in [2.24, 2.45) is 0 Å². The van der Waals surface area contributed by atoms with Gasteiger partial charge in [-0.3, -0.25) is 14.7 Å². The SMILES string of the molecule is CC(C)c1n[nH]c([C@H]2CN(C(=O)Cn3ccccc3=O)CCO2)n1. The van der Waals surface area contributed by atoms with Crippen LogP contribution in [0.25, 0.3) is 0 Å². The number of aromatic nitrogens is 4. The summed E-state index contributed by atoms with van der Waals surface area (Å²) in [6, 6.07) is 4.83. The molecule has 1 aliphatic heterocycles. The van der Waals surface area contributed by atoms with E-state index in [4.69, 9.17) is 4.74 Å². The largest absolute Gasteiger partial charge is 0.367 e. The van der Waals surface area contributed by atoms with Crippen LogP contribution in [0.3, 0.4) is 0 Å². The van der Waals surface area contributed by atoms with E-state index in [1.807, 2.05) is 13.8 Å². The maximum absolute atomic E-state index is 12.5. The number of H-pyrrole nitrogens is 1. The Morgan fingerprint density at radius 2 is 2.29 bits per heavy atom. The summed E-state index contributed by atoms with van der Waals surface area (Å²) in [6.07, 6.45) is 1.29. The number of carbonyl (C=O) groups excluding carboxylic acids is 1. The van der Waals surface area contributed by atoms with Gasteiger partial charge in [0, 0.05) is 24.7 Å². The van der Waals surface area contributed by atoms with Crippen LogP contribution in [0.1, 0.15) is 37.5 Å². The minimum atomic E-state index is -0.324. The van der Waals surface area contributed by atoms with Crippen molar-refractivity contribution in [2.45, 2.75) is 32.4 Å². The Labute approximate surface area is 139 Å². The van der Waals surface area contributed by atoms with Gasteiger partial charge < -0.3 is 14.2 Å². The molecule has 8 nitrogen and oxygen atoms in total. The second-order valence-corrected chi connectivity index (χ2v) is 6.10. The molecule has 1 atom stereocenters. The molecule has 3 heterocycles. The van der Waals surface area contributed by atoms with Gasteiger partial charge in [-0.25, -0.2) is 4.98 Å². The van der Waals surface area contributed by atoms with Gasteiger partial charge in [-0.2, -0.15) is 5.10 Å². The highest BCUT2D eigenvalue weighted by molar-refractivity contribution is 5.76. The zero-order valence-electron chi connectivity index (χ0n) is 13.8. The molecule has 1 saturated heterocycles. The van der Waals surface area contributed by atoms with Gasteiger partial charge in [-0.05, 0) is 6.07 Å². The molecule has 1 aliphatic rings. The van der Waals surface area contributed by atoms with Crippen LogP contribution in [-0.2, 0) is 16.1 Å². The van der Waals surface area contributed by atoms with Crippen molar-refractivity contribution in [3.05, 3.63) is 46.4 Å². The summed E-state index contributed by atoms with van der Waals surface area (Å²) in [5, 5.41) is 7.07. The van der Waals surface area contributed by atoms with Crippen LogP contribution in [0.4, 0.5) is 0 Å². The molecule has 0 saturated carbocycles. The van der Waals surface area contributed by atoms with Crippen molar-refractivity contribution in [1.29, 1.82) is 0 Å². The third kappa shape index (κ3) is 3.53. The molecule has 2 aromatic rings. The third-order valence-electron chi connectivity index (χ3n) is 3.97. The number of ether oxygens (including phenoxy) is 1. The minimum absolute atomic E-state index is 0.0278. The van der Waals surface area contributed by atoms with Crippen molar-refractivity contribution in [3.63, 3.8) is 0 Å². The fourth-order valence-corrected chi connectivity index (χ4v) is 2.57. The van der Waals surface area contributed by atoms with E-state index in [-0.39, 0.29) is 30.0 Å². The number of morpholine rings is 1. The van der Waals surface area contributed by atoms with Crippen molar-refractivity contribution >= 4 is 5.91 Å². The minimum Gasteiger partial charge on any atom is -0.367 e. The molecule has 1 N–H and O–H groups in total. The second kappa shape index (κ2) is 6.96. The molecule has 1 amide bonds. The fourth-order valence-electron chi connectivity index (χ4n) is 2.57. The lowest BCUT2D eigenvalue weighted by Crippen LogP contribution is -2.44. The van der Waals surface area contributed by atoms with E-state index >= 15 is 0 Å². The molecule has 0 bridgehead atoms. The van der Waals surface area contributed by atoms with Crippen LogP contribution >= 0.6 is 0 Å². The van der Waals surface area contributed by atoms with Crippen molar-refractivity contribution in [3.8, 4) is 0 Å². The highest BCUT2D eigenvalue weighted by atomic mass is 16.5. The number of hydrogen-bond donors (Lipinski definition) is 1. The molecule has 0 aliphatic carbocycles. The fraction of sp³-hybridized carbons (Fsp3) is 0.500. The number of nitrogens with zero attached hydrogens (tertiary/aromatic N) is 4. The first-order valence-electron chi connectivity index (χ1n) is 8.01. The van der Waals surface area contributed by atoms with Crippen molar-refractivity contribution < 1.29 is 9.53 Å². The average Bonchev–Trinajstić information content (AvgIpc) is 3.07. The Balaban J connectivity index is 1.67. The predicted molar refractivity (Wildman–Crippen MR) is 86.4 cm³/mol. The summed E-state index contributed by atoms with van der Waals surface area (Å²) in [5.74, 6) is 1.47. The molecule has 0 spiro atoms. The summed E-state index contributed by atoms with van der Waals surface area (Å²) in [4.78, 5) is 30.3. The summed E-state index contributed by atoms with van der Waals surface area (Å²) in [6.45, 7) is 5.39. The maximum atomic E-state index is 12.5. The Hall–Kier alpha value is -2.48. The first kappa shape index (κ1) is 16.4. The number of aromatic amines is 1. The standard InChI is InChI=1S/C16H21N5O3/c1-11(2)15-17-16(19-18-15)12-9-21(7-8-24-12)14(23)10-20-6-4-3-5-13(20)22/h3-6,11-12H,7-10H2,1-2H3,(H,17,18,19)/t12-/m1/s1. The van der Waals surface area contributed by atoms with Crippen LogP contribution in [0.15, 0.2) is 29.2 Å². The normalized spacial score (nSPS) is 18.1. The van der Waals surface area contributed by atoms with Gasteiger partial charge >= 0.3 is 0 Å². The molecule has 3 rings (SSSR count). The topological polar surface area (TPSA) is 93.1 Å². The molecular weight excluding hydrogens is 310 g/mol. The lowest BCUT2D eigenvalue weighted by atomic mass is 10.2. The van der Waals surface area contributed by atoms with E-state index in [0.717, 1.165) is 5.82 Å². The Morgan fingerprint density at radius 1 is 1.46 bits per heavy atom. The van der Waals surface area contributed by atoms with Gasteiger partial charge in [0.25, 0.3) is 5.56 Å². The van der Waals surface area contributed by atoms with Crippen LogP contribution in [0.5, 0.6) is 0 Å². The van der Waals surface area contributed by atoms with Crippen LogP contribution in [-0.4, -0.2) is 50.3 Å². The zero-order chi connectivity index (χ0) is 17.1. The lowest BCUT2D eigenvalue weighted by molar-refractivity contribution is -0.140. The number of carbonyl (C=O) groups is 1. The Kier molecular flexibility index (Phi) is 4.75. The molecule has 2 aromatic heterocycles. The first-order valence-corrected chi connectivity index (χ1v) is 8.01. The quantitative estimate of drug-likeness (QED) is 0.890. The second-order valence-electron chi connectivity index (χ2n) is 6.10. The Morgan fingerprint density at radius 3 is 3.00 bits per heavy atom. The third-order valence-corrected chi connectivity index (χ3v) is 3.97. The zero-order valence-corrected chi connectivity index (χ0v) is 13.8. The number of amides is 1. The van der Waals surface area contributed by atoms with E-state index < -0.39 is 0 Å². The van der Waals surface area contributed by atoms with E-state index in [9.17, 15) is 9.59 Å². The highest BCUT2D eigenvalue weighted by Gasteiger charge is 2.28. The van der Waals surface area contributed by atoms with Crippen LogP contribution < -0.4 is 5.56 Å². The number of rotatable bonds is 4. The predicted octanol–water partition coefficient (Wildman–Crippen LogP) is 0.690. The van der Waals surface area contributed by atoms with Crippen LogP contribution in [0.2, 0.25) is 0 Å². The molecule has 0 unspecified atom stereocenters. The smallest absolute Gasteiger partial charge is 0.250 e. The van der Waals surface area contributed by atoms with E-state index in [2.05, 4.69) is 15.2 Å². The van der Waals surface area contributed by atoms with Crippen LogP contribution in [0, 0.1) is 0 Å². The summed E-state index contributed by atoms with van der Waals surface area (Å²) < 4.78 is 7.12. The molecule has 128 valence electrons. The number of pyridine rings is 1. The molecule has 24 heavy (non-hydrogen) atoms. The summed E-state index contributed by atoms with van der Waals surface area (Å²) in [5.41, 5.74) is -0.188. The summed E-state index contributed by atoms with van der Waals surface area (Å²) >= 11 is 0. The van der Waals surface area contributed by atoms with Gasteiger partial charge in [0.1, 0.15) is 12.6 Å². The number of hydrogen-bond acceptors (Lipinski definition) is 5. The molecular formula is C16H21N5O3. The molecule has 0 aromatic carbocycles. The Bertz CT molecular complexity index is 767. The van der Waals surface area contributed by atoms with E-state index in [0.29, 0.717) is 25.5 Å². The first-order chi connectivity index (χ1) is 11.5. The van der Waals surface area contributed by atoms with Gasteiger partial charge in [0.2, 0.25) is 5.91 Å². The van der Waals surface area contributed by atoms with Gasteiger partial charge in [-0.15, -0.1) is 0 Å². The lowest BCUT2D eigenvalue weighted by Gasteiger charge is -2.32. The van der Waals surface area contributed by atoms with E-state index in [1.54, 1.807) is 23.2 Å². The monoisotopic (exact) mass is 331 g/mol. The number of nitrogens with one attached hydrogen (secondary N) is 1. The van der Waals surface area contributed by atoms with Gasteiger partial charge in [-0.1, -0.05) is 19.9 Å². The highest BCUT2D eigenvalue weighted by Crippen LogP contribution is 2.20. The van der Waals surface area contributed by atoms with Crippen molar-refractivity contribution in [2.75, 3.05) is 19.7 Å². The molecule has 1 fully saturated rings. The van der Waals surface area contributed by atoms with Gasteiger partial charge in [0.05, 0.1) is 13.2 Å². The molecule has 0 radical (unpaired) electrons. The van der Waals surface area contributed by atoms with Gasteiger partial charge in [0.15, 0.2) is 11.6 Å². The molecule has 8 heteroatoms. The average molecular weight is 331 g/mol. The summed E-state index contributed by atoms with van der Waals surface area (Å²) in [7, 11) is 0.